The minimum absolute atomic E-state index is 0.000811. The van der Waals surface area contributed by atoms with Crippen molar-refractivity contribution in [2.45, 2.75) is 391 Å². The average molecular weight is 1840 g/mol. The molecule has 0 saturated carbocycles. The number of nitrogens with two attached hydrogens (primary N) is 2. The number of carbonyl (C=O) groups excluding carboxylic acids is 1. The van der Waals surface area contributed by atoms with Crippen LogP contribution in [0.4, 0.5) is 0 Å². The molecule has 0 aromatic rings. The van der Waals surface area contributed by atoms with E-state index >= 15 is 0 Å². The van der Waals surface area contributed by atoms with Gasteiger partial charge >= 0.3 is 0 Å². The maximum Gasteiger partial charge on any atom is 0.220 e. The number of ether oxygens (including phenoxy) is 18. The van der Waals surface area contributed by atoms with E-state index in [1.165, 1.54) is 143 Å². The molecular weight excluding hydrogens is 1660 g/mol. The van der Waals surface area contributed by atoms with Crippen LogP contribution in [0, 0.1) is 0 Å². The van der Waals surface area contributed by atoms with Crippen molar-refractivity contribution in [3.8, 4) is 0 Å². The Bertz CT molecular complexity index is 2720. The predicted octanol–water partition coefficient (Wildman–Crippen LogP) is 1.45. The molecule has 0 radical (unpaired) electrons. The number of aliphatic hydroxyl groups excluding tert-OH is 12. The van der Waals surface area contributed by atoms with Crippen LogP contribution in [0.2, 0.25) is 0 Å². The van der Waals surface area contributed by atoms with E-state index in [0.29, 0.717) is 13.0 Å². The number of quaternary nitrogens is 2. The molecule has 6 fully saturated rings. The van der Waals surface area contributed by atoms with Crippen LogP contribution in [-0.4, -0.2) is 442 Å². The fraction of sp³-hybridized carbons (Fsp3) is 0.989. The fourth-order valence-corrected chi connectivity index (χ4v) is 17.9. The van der Waals surface area contributed by atoms with E-state index in [2.05, 4.69) is 24.5 Å². The van der Waals surface area contributed by atoms with Gasteiger partial charge in [-0.3, -0.25) is 4.79 Å². The Labute approximate surface area is 758 Å². The van der Waals surface area contributed by atoms with Crippen LogP contribution < -0.4 is 22.1 Å². The van der Waals surface area contributed by atoms with Gasteiger partial charge in [0, 0.05) is 20.6 Å². The van der Waals surface area contributed by atoms with Crippen LogP contribution in [0.25, 0.3) is 0 Å². The molecule has 0 aliphatic carbocycles. The van der Waals surface area contributed by atoms with Gasteiger partial charge < -0.3 is 178 Å². The summed E-state index contributed by atoms with van der Waals surface area (Å²) in [7, 11) is 14.0. The van der Waals surface area contributed by atoms with Gasteiger partial charge in [0.2, 0.25) is 18.5 Å². The molecule has 127 heavy (non-hydrogen) atoms. The number of carbonyl (C=O) groups is 1. The number of nitrogens with one attached hydrogen (secondary N) is 2. The Morgan fingerprint density at radius 1 is 0.331 bits per heavy atom. The van der Waals surface area contributed by atoms with E-state index in [4.69, 9.17) is 96.7 Å². The molecule has 6 heterocycles. The van der Waals surface area contributed by atoms with Gasteiger partial charge in [0.15, 0.2) is 24.7 Å². The molecule has 30 atom stereocenters. The minimum atomic E-state index is -1.38. The van der Waals surface area contributed by atoms with E-state index < -0.39 is 183 Å². The normalized spacial score (nSPS) is 33.9. The van der Waals surface area contributed by atoms with Crippen molar-refractivity contribution in [2.75, 3.05) is 182 Å². The first-order valence-electron chi connectivity index (χ1n) is 48.0. The largest absolute Gasteiger partial charge is 0.394 e. The molecule has 37 heteroatoms. The SMILES string of the molecule is CCCCCCCCCCCCCCCC(=O)NC1C(OC2C(COCCO)OC(OC3C(COCCO)OC(C)C(N)C3O)C([N+](C)(C)C)C2O)OC(COCCO)C(OC)C1O.CCCCCCCCCCCCCCCCNC1C(OC2C(COCCO)OC(OC3C(COCCO)OC(C)C(N)C3O)C([N+](C)(C)C)C2O)OC(COCCO)C(OC)C1O. The second-order valence-corrected chi connectivity index (χ2v) is 37.0. The van der Waals surface area contributed by atoms with Gasteiger partial charge in [-0.1, -0.05) is 174 Å². The monoisotopic (exact) mass is 1840 g/mol. The van der Waals surface area contributed by atoms with Gasteiger partial charge in [0.25, 0.3) is 0 Å². The third-order valence-electron chi connectivity index (χ3n) is 25.0. The highest BCUT2D eigenvalue weighted by Crippen LogP contribution is 2.39. The van der Waals surface area contributed by atoms with Crippen LogP contribution in [0.3, 0.4) is 0 Å². The van der Waals surface area contributed by atoms with Crippen molar-refractivity contribution in [2.24, 2.45) is 11.5 Å². The lowest BCUT2D eigenvalue weighted by Gasteiger charge is -2.52. The second kappa shape index (κ2) is 65.0. The molecule has 0 aromatic carbocycles. The van der Waals surface area contributed by atoms with Crippen LogP contribution in [0.1, 0.15) is 207 Å². The van der Waals surface area contributed by atoms with Crippen LogP contribution in [0.5, 0.6) is 0 Å². The molecular formula is C90H178N6O31+2. The highest BCUT2D eigenvalue weighted by Gasteiger charge is 2.60. The standard InChI is InChI=1S/C45H87N3O16.C45H90N3O15/c1-7-8-9-10-11-12-13-14-15-16-17-18-19-20-34(52)47-36-39(54)41(56-6)31(27-57-24-21-49)61-44(36)63-43-33(29-59-26-23-51)62-45(37(40(43)55)48(3,4)5)64-42-32(28-58-25-22-50)60-30(2)35(46)38(42)53;1-7-8-9-10-11-12-13-14-15-16-17-18-19-20-21-47-36-39(53)41(55-6)32(28-56-25-22-49)60-44(36)62-43-34(30-58-27-24-51)61-45(37(40(43)54)48(3,4)5)63-42-33(29-57-26-23-50)59-31(2)35(46)38(42)52/h30-33,35-45,49-51,53-55H,7-29,46H2,1-6H3;31-45,47,49-54H,7-30,46H2,1-6H3/q;+1/p+1. The maximum atomic E-state index is 13.6. The van der Waals surface area contributed by atoms with Gasteiger partial charge in [-0.05, 0) is 33.2 Å². The van der Waals surface area contributed by atoms with E-state index in [9.17, 15) is 66.1 Å². The number of aliphatic hydroxyl groups is 12. The maximum absolute atomic E-state index is 13.6. The molecule has 1 amide bonds. The number of hydrogen-bond acceptors (Lipinski definition) is 34. The van der Waals surface area contributed by atoms with E-state index in [0.717, 1.165) is 38.5 Å². The summed E-state index contributed by atoms with van der Waals surface area (Å²) in [4.78, 5) is 13.6. The highest BCUT2D eigenvalue weighted by atomic mass is 16.8. The molecule has 6 saturated heterocycles. The molecule has 30 unspecified atom stereocenters. The van der Waals surface area contributed by atoms with Crippen molar-refractivity contribution in [3.63, 3.8) is 0 Å². The molecule has 0 bridgehead atoms. The molecule has 6 aliphatic heterocycles. The zero-order valence-electron chi connectivity index (χ0n) is 79.2. The molecule has 6 aliphatic rings. The summed E-state index contributed by atoms with van der Waals surface area (Å²) in [6, 6.07) is -5.29. The van der Waals surface area contributed by atoms with Crippen molar-refractivity contribution in [1.82, 2.24) is 10.6 Å². The van der Waals surface area contributed by atoms with E-state index in [-0.39, 0.29) is 140 Å². The molecule has 37 nitrogen and oxygen atoms in total. The lowest BCUT2D eigenvalue weighted by molar-refractivity contribution is -0.910. The van der Waals surface area contributed by atoms with E-state index in [1.54, 1.807) is 13.8 Å². The van der Waals surface area contributed by atoms with Crippen molar-refractivity contribution in [3.05, 3.63) is 0 Å². The Morgan fingerprint density at radius 2 is 0.583 bits per heavy atom. The Hall–Kier alpha value is -1.93. The minimum Gasteiger partial charge on any atom is -0.394 e. The van der Waals surface area contributed by atoms with Gasteiger partial charge in [-0.2, -0.15) is 0 Å². The van der Waals surface area contributed by atoms with Gasteiger partial charge in [-0.15, -0.1) is 0 Å². The highest BCUT2D eigenvalue weighted by molar-refractivity contribution is 5.76. The number of hydrogen-bond donors (Lipinski definition) is 16. The van der Waals surface area contributed by atoms with Gasteiger partial charge in [0.1, 0.15) is 116 Å². The summed E-state index contributed by atoms with van der Waals surface area (Å²) in [5.74, 6) is -0.312. The number of rotatable bonds is 67. The molecule has 18 N–H and O–H groups in total. The third-order valence-corrected chi connectivity index (χ3v) is 25.0. The lowest BCUT2D eigenvalue weighted by atomic mass is 9.92. The first kappa shape index (κ1) is 116. The second-order valence-electron chi connectivity index (χ2n) is 37.0. The van der Waals surface area contributed by atoms with Crippen LogP contribution in [-0.2, 0) is 90.1 Å². The Morgan fingerprint density at radius 3 is 0.882 bits per heavy atom. The Kier molecular flexibility index (Phi) is 59.1. The summed E-state index contributed by atoms with van der Waals surface area (Å²) in [6.45, 7) is 6.79. The zero-order valence-corrected chi connectivity index (χ0v) is 79.2. The van der Waals surface area contributed by atoms with Crippen molar-refractivity contribution in [1.29, 1.82) is 0 Å². The first-order chi connectivity index (χ1) is 61.1. The van der Waals surface area contributed by atoms with Crippen LogP contribution in [0.15, 0.2) is 0 Å². The summed E-state index contributed by atoms with van der Waals surface area (Å²) in [5.41, 5.74) is 12.7. The number of nitrogens with zero attached hydrogens (tertiary/aromatic N) is 2. The fourth-order valence-electron chi connectivity index (χ4n) is 17.9. The summed E-state index contributed by atoms with van der Waals surface area (Å²) >= 11 is 0. The van der Waals surface area contributed by atoms with Gasteiger partial charge in [0.05, 0.1) is 192 Å². The average Bonchev–Trinajstić information content (AvgIpc) is 0.759. The molecule has 0 aromatic heterocycles. The number of unbranched alkanes of at least 4 members (excludes halogenated alkanes) is 25. The quantitative estimate of drug-likeness (QED) is 0.0303. The van der Waals surface area contributed by atoms with Crippen molar-refractivity contribution < 1.29 is 160 Å². The Balaban J connectivity index is 0.000000450. The van der Waals surface area contributed by atoms with Gasteiger partial charge in [-0.25, -0.2) is 0 Å². The van der Waals surface area contributed by atoms with Crippen LogP contribution >= 0.6 is 0 Å². The predicted molar refractivity (Wildman–Crippen MR) is 472 cm³/mol. The summed E-state index contributed by atoms with van der Waals surface area (Å²) in [5, 5.41) is 134. The third kappa shape index (κ3) is 39.6. The number of amides is 1. The zero-order chi connectivity index (χ0) is 93.3. The number of methoxy groups -OCH3 is 2. The molecule has 6 rings (SSSR count). The first-order valence-corrected chi connectivity index (χ1v) is 48.0. The van der Waals surface area contributed by atoms with Crippen molar-refractivity contribution >= 4 is 5.91 Å². The summed E-state index contributed by atoms with van der Waals surface area (Å²) in [6.07, 6.45) is 7.78. The molecule has 752 valence electrons. The lowest BCUT2D eigenvalue weighted by Crippen LogP contribution is -2.72. The molecule has 0 spiro atoms. The van der Waals surface area contributed by atoms with E-state index in [1.807, 2.05) is 42.3 Å². The number of likely N-dealkylation sites (N-methyl/N-ethyl adjacent to an activating group) is 2. The summed E-state index contributed by atoms with van der Waals surface area (Å²) < 4.78 is 111. The smallest absolute Gasteiger partial charge is 0.220 e. The topological polar surface area (TPSA) is 502 Å².